The van der Waals surface area contributed by atoms with Gasteiger partial charge in [0.1, 0.15) is 12.4 Å². The number of ether oxygens (including phenoxy) is 3. The number of halogens is 1. The molecule has 1 N–H and O–H groups in total. The van der Waals surface area contributed by atoms with E-state index in [0.717, 1.165) is 5.56 Å². The van der Waals surface area contributed by atoms with Gasteiger partial charge in [-0.1, -0.05) is 48.5 Å². The average molecular weight is 423 g/mol. The Kier molecular flexibility index (Phi) is 7.59. The molecule has 0 saturated heterocycles. The van der Waals surface area contributed by atoms with Gasteiger partial charge in [0.05, 0.1) is 13.2 Å². The number of methoxy groups -OCH3 is 1. The smallest absolute Gasteiger partial charge is 0.343 e. The molecule has 0 spiro atoms. The second kappa shape index (κ2) is 10.8. The van der Waals surface area contributed by atoms with Crippen molar-refractivity contribution < 1.29 is 28.2 Å². The number of carbonyl (C=O) groups excluding carboxylic acids is 2. The van der Waals surface area contributed by atoms with Gasteiger partial charge in [0.2, 0.25) is 0 Å². The van der Waals surface area contributed by atoms with Crippen molar-refractivity contribution in [2.24, 2.45) is 0 Å². The SMILES string of the molecule is COC(=O)COc1cccc(C(=O)NC(COc2ccccc2F)c2ccccc2)c1. The molecule has 1 atom stereocenters. The van der Waals surface area contributed by atoms with Crippen LogP contribution in [0.4, 0.5) is 4.39 Å². The van der Waals surface area contributed by atoms with Gasteiger partial charge in [0, 0.05) is 5.56 Å². The van der Waals surface area contributed by atoms with Crippen LogP contribution < -0.4 is 14.8 Å². The third-order valence-electron chi connectivity index (χ3n) is 4.43. The third-order valence-corrected chi connectivity index (χ3v) is 4.43. The number of nitrogens with one attached hydrogen (secondary N) is 1. The summed E-state index contributed by atoms with van der Waals surface area (Å²) < 4.78 is 29.4. The Bertz CT molecular complexity index is 1030. The molecule has 6 nitrogen and oxygen atoms in total. The van der Waals surface area contributed by atoms with Crippen molar-refractivity contribution in [2.45, 2.75) is 6.04 Å². The molecule has 1 amide bonds. The van der Waals surface area contributed by atoms with Crippen LogP contribution in [0, 0.1) is 5.82 Å². The Labute approximate surface area is 179 Å². The van der Waals surface area contributed by atoms with Gasteiger partial charge in [-0.25, -0.2) is 9.18 Å². The molecule has 0 fully saturated rings. The average Bonchev–Trinajstić information content (AvgIpc) is 2.81. The highest BCUT2D eigenvalue weighted by molar-refractivity contribution is 5.94. The predicted octanol–water partition coefficient (Wildman–Crippen LogP) is 3.93. The van der Waals surface area contributed by atoms with E-state index in [1.54, 1.807) is 30.3 Å². The van der Waals surface area contributed by atoms with E-state index in [1.807, 2.05) is 30.3 Å². The van der Waals surface area contributed by atoms with Crippen molar-refractivity contribution in [3.63, 3.8) is 0 Å². The molecule has 0 saturated carbocycles. The summed E-state index contributed by atoms with van der Waals surface area (Å²) in [6.07, 6.45) is 0. The Morgan fingerprint density at radius 1 is 0.935 bits per heavy atom. The van der Waals surface area contributed by atoms with Crippen molar-refractivity contribution in [1.29, 1.82) is 0 Å². The molecule has 1 unspecified atom stereocenters. The van der Waals surface area contributed by atoms with Crippen LogP contribution in [-0.4, -0.2) is 32.2 Å². The van der Waals surface area contributed by atoms with Gasteiger partial charge >= 0.3 is 5.97 Å². The summed E-state index contributed by atoms with van der Waals surface area (Å²) in [5.74, 6) is -0.900. The lowest BCUT2D eigenvalue weighted by Gasteiger charge is -2.20. The van der Waals surface area contributed by atoms with Crippen molar-refractivity contribution in [2.75, 3.05) is 20.3 Å². The molecule has 7 heteroatoms. The van der Waals surface area contributed by atoms with E-state index in [4.69, 9.17) is 9.47 Å². The molecule has 0 aliphatic rings. The van der Waals surface area contributed by atoms with Crippen LogP contribution in [0.2, 0.25) is 0 Å². The first-order valence-electron chi connectivity index (χ1n) is 9.59. The fourth-order valence-electron chi connectivity index (χ4n) is 2.81. The molecule has 0 heterocycles. The number of para-hydroxylation sites is 1. The zero-order valence-corrected chi connectivity index (χ0v) is 16.9. The summed E-state index contributed by atoms with van der Waals surface area (Å²) in [5.41, 5.74) is 1.15. The summed E-state index contributed by atoms with van der Waals surface area (Å²) >= 11 is 0. The van der Waals surface area contributed by atoms with Crippen molar-refractivity contribution in [3.05, 3.63) is 95.8 Å². The Balaban J connectivity index is 1.72. The van der Waals surface area contributed by atoms with Crippen molar-refractivity contribution in [1.82, 2.24) is 5.32 Å². The number of carbonyl (C=O) groups is 2. The summed E-state index contributed by atoms with van der Waals surface area (Å²) in [6.45, 7) is -0.222. The highest BCUT2D eigenvalue weighted by Gasteiger charge is 2.18. The summed E-state index contributed by atoms with van der Waals surface area (Å²) in [4.78, 5) is 24.1. The van der Waals surface area contributed by atoms with Crippen LogP contribution in [0.15, 0.2) is 78.9 Å². The Hall–Kier alpha value is -3.87. The highest BCUT2D eigenvalue weighted by atomic mass is 19.1. The van der Waals surface area contributed by atoms with Gasteiger partial charge in [0.25, 0.3) is 5.91 Å². The van der Waals surface area contributed by atoms with Gasteiger partial charge in [-0.3, -0.25) is 4.79 Å². The van der Waals surface area contributed by atoms with Crippen molar-refractivity contribution >= 4 is 11.9 Å². The molecular formula is C24H22FNO5. The van der Waals surface area contributed by atoms with E-state index in [1.165, 1.54) is 25.3 Å². The van der Waals surface area contributed by atoms with Gasteiger partial charge in [-0.05, 0) is 35.9 Å². The van der Waals surface area contributed by atoms with Gasteiger partial charge in [-0.2, -0.15) is 0 Å². The molecule has 0 aliphatic carbocycles. The molecule has 0 bridgehead atoms. The molecule has 160 valence electrons. The molecule has 3 aromatic rings. The predicted molar refractivity (Wildman–Crippen MR) is 112 cm³/mol. The minimum atomic E-state index is -0.524. The van der Waals surface area contributed by atoms with E-state index in [-0.39, 0.29) is 24.9 Å². The number of amides is 1. The maximum atomic E-state index is 13.9. The summed E-state index contributed by atoms with van der Waals surface area (Å²) in [5, 5.41) is 2.91. The van der Waals surface area contributed by atoms with E-state index in [0.29, 0.717) is 11.3 Å². The molecule has 3 aromatic carbocycles. The molecule has 0 aliphatic heterocycles. The largest absolute Gasteiger partial charge is 0.488 e. The lowest BCUT2D eigenvalue weighted by molar-refractivity contribution is -0.142. The quantitative estimate of drug-likeness (QED) is 0.528. The Morgan fingerprint density at radius 2 is 1.68 bits per heavy atom. The fraction of sp³-hybridized carbons (Fsp3) is 0.167. The molecule has 3 rings (SSSR count). The standard InChI is InChI=1S/C24H22FNO5/c1-29-23(27)16-30-19-11-7-10-18(14-19)24(28)26-21(17-8-3-2-4-9-17)15-31-22-13-6-5-12-20(22)25/h2-14,21H,15-16H2,1H3,(H,26,28). The van der Waals surface area contributed by atoms with Crippen LogP contribution in [0.25, 0.3) is 0 Å². The highest BCUT2D eigenvalue weighted by Crippen LogP contribution is 2.20. The second-order valence-electron chi connectivity index (χ2n) is 6.57. The molecule has 0 aromatic heterocycles. The van der Waals surface area contributed by atoms with Crippen LogP contribution >= 0.6 is 0 Å². The number of hydrogen-bond acceptors (Lipinski definition) is 5. The number of rotatable bonds is 9. The second-order valence-corrected chi connectivity index (χ2v) is 6.57. The summed E-state index contributed by atoms with van der Waals surface area (Å²) in [7, 11) is 1.27. The minimum absolute atomic E-state index is 0.0369. The van der Waals surface area contributed by atoms with Gasteiger partial charge in [0.15, 0.2) is 18.2 Å². The first-order valence-corrected chi connectivity index (χ1v) is 9.59. The molecule has 31 heavy (non-hydrogen) atoms. The first-order chi connectivity index (χ1) is 15.1. The zero-order valence-electron chi connectivity index (χ0n) is 16.9. The van der Waals surface area contributed by atoms with Crippen LogP contribution in [0.3, 0.4) is 0 Å². The van der Waals surface area contributed by atoms with E-state index >= 15 is 0 Å². The topological polar surface area (TPSA) is 73.9 Å². The minimum Gasteiger partial charge on any atom is -0.488 e. The Morgan fingerprint density at radius 3 is 2.42 bits per heavy atom. The summed E-state index contributed by atoms with van der Waals surface area (Å²) in [6, 6.07) is 21.3. The monoisotopic (exact) mass is 423 g/mol. The van der Waals surface area contributed by atoms with Gasteiger partial charge in [-0.15, -0.1) is 0 Å². The maximum Gasteiger partial charge on any atom is 0.343 e. The normalized spacial score (nSPS) is 11.3. The molecular weight excluding hydrogens is 401 g/mol. The number of benzene rings is 3. The first kappa shape index (κ1) is 21.8. The van der Waals surface area contributed by atoms with Crippen molar-refractivity contribution in [3.8, 4) is 11.5 Å². The number of hydrogen-bond donors (Lipinski definition) is 1. The third kappa shape index (κ3) is 6.30. The fourth-order valence-corrected chi connectivity index (χ4v) is 2.81. The van der Waals surface area contributed by atoms with E-state index < -0.39 is 17.8 Å². The van der Waals surface area contributed by atoms with E-state index in [9.17, 15) is 14.0 Å². The van der Waals surface area contributed by atoms with Crippen LogP contribution in [-0.2, 0) is 9.53 Å². The van der Waals surface area contributed by atoms with Gasteiger partial charge < -0.3 is 19.5 Å². The number of esters is 1. The van der Waals surface area contributed by atoms with E-state index in [2.05, 4.69) is 10.1 Å². The zero-order chi connectivity index (χ0) is 22.1. The lowest BCUT2D eigenvalue weighted by Crippen LogP contribution is -2.32. The van der Waals surface area contributed by atoms with Crippen LogP contribution in [0.5, 0.6) is 11.5 Å². The molecule has 0 radical (unpaired) electrons. The maximum absolute atomic E-state index is 13.9. The van der Waals surface area contributed by atoms with Crippen LogP contribution in [0.1, 0.15) is 22.0 Å². The lowest BCUT2D eigenvalue weighted by atomic mass is 10.1.